The van der Waals surface area contributed by atoms with Gasteiger partial charge in [-0.25, -0.2) is 0 Å². The van der Waals surface area contributed by atoms with E-state index in [0.717, 1.165) is 19.4 Å². The maximum absolute atomic E-state index is 5.80. The van der Waals surface area contributed by atoms with Gasteiger partial charge in [-0.3, -0.25) is 0 Å². The molecule has 18 heavy (non-hydrogen) atoms. The minimum atomic E-state index is 0.241. The average molecular weight is 242 g/mol. The predicted molar refractivity (Wildman–Crippen MR) is 76.5 cm³/mol. The summed E-state index contributed by atoms with van der Waals surface area (Å²) in [5.41, 5.74) is 8.56. The van der Waals surface area contributed by atoms with Crippen LogP contribution in [0, 0.1) is 0 Å². The van der Waals surface area contributed by atoms with Gasteiger partial charge in [0.15, 0.2) is 0 Å². The van der Waals surface area contributed by atoms with Crippen LogP contribution < -0.4 is 5.73 Å². The number of hydrogen-bond acceptors (Lipinski definition) is 1. The molecule has 1 atom stereocenters. The molecule has 96 valence electrons. The van der Waals surface area contributed by atoms with Crippen LogP contribution in [0.1, 0.15) is 24.5 Å². The van der Waals surface area contributed by atoms with Gasteiger partial charge in [-0.1, -0.05) is 30.3 Å². The number of benzene rings is 1. The third-order valence-electron chi connectivity index (χ3n) is 3.09. The quantitative estimate of drug-likeness (QED) is 0.829. The van der Waals surface area contributed by atoms with Gasteiger partial charge in [0.25, 0.3) is 0 Å². The van der Waals surface area contributed by atoms with E-state index in [2.05, 4.69) is 53.4 Å². The molecular formula is C16H22N2. The van der Waals surface area contributed by atoms with E-state index in [0.29, 0.717) is 0 Å². The number of aromatic nitrogens is 1. The standard InChI is InChI=1S/C16H22N2/c1-14(17)12-16-9-11-18(13-16)10-5-8-15-6-3-2-4-7-15/h2-4,6-7,9,11,13-14H,5,8,10,12,17H2,1H3. The Hall–Kier alpha value is -1.54. The highest BCUT2D eigenvalue weighted by Crippen LogP contribution is 2.07. The zero-order chi connectivity index (χ0) is 12.8. The number of hydrogen-bond donors (Lipinski definition) is 1. The van der Waals surface area contributed by atoms with Crippen LogP contribution in [0.3, 0.4) is 0 Å². The maximum Gasteiger partial charge on any atom is 0.0222 e. The molecule has 2 nitrogen and oxygen atoms in total. The molecule has 0 spiro atoms. The summed E-state index contributed by atoms with van der Waals surface area (Å²) < 4.78 is 2.26. The van der Waals surface area contributed by atoms with Crippen LogP contribution in [0.25, 0.3) is 0 Å². The summed E-state index contributed by atoms with van der Waals surface area (Å²) in [7, 11) is 0. The van der Waals surface area contributed by atoms with E-state index in [1.165, 1.54) is 17.5 Å². The van der Waals surface area contributed by atoms with Crippen molar-refractivity contribution in [3.63, 3.8) is 0 Å². The fourth-order valence-corrected chi connectivity index (χ4v) is 2.23. The second kappa shape index (κ2) is 6.41. The molecule has 2 N–H and O–H groups in total. The lowest BCUT2D eigenvalue weighted by atomic mass is 10.1. The van der Waals surface area contributed by atoms with E-state index in [9.17, 15) is 0 Å². The Balaban J connectivity index is 1.78. The predicted octanol–water partition coefficient (Wildman–Crippen LogP) is 3.01. The number of nitrogens with zero attached hydrogens (tertiary/aromatic N) is 1. The van der Waals surface area contributed by atoms with E-state index < -0.39 is 0 Å². The Morgan fingerprint density at radius 2 is 1.89 bits per heavy atom. The van der Waals surface area contributed by atoms with Crippen LogP contribution in [0.4, 0.5) is 0 Å². The molecule has 1 unspecified atom stereocenters. The van der Waals surface area contributed by atoms with Gasteiger partial charge < -0.3 is 10.3 Å². The summed E-state index contributed by atoms with van der Waals surface area (Å²) in [5.74, 6) is 0. The highest BCUT2D eigenvalue weighted by Gasteiger charge is 2.00. The molecule has 2 heteroatoms. The molecule has 0 aliphatic heterocycles. The van der Waals surface area contributed by atoms with Gasteiger partial charge in [0.1, 0.15) is 0 Å². The van der Waals surface area contributed by atoms with Gasteiger partial charge in [0.05, 0.1) is 0 Å². The minimum absolute atomic E-state index is 0.241. The van der Waals surface area contributed by atoms with Crippen molar-refractivity contribution in [2.75, 3.05) is 0 Å². The van der Waals surface area contributed by atoms with Crippen LogP contribution in [0.5, 0.6) is 0 Å². The lowest BCUT2D eigenvalue weighted by Gasteiger charge is -2.04. The van der Waals surface area contributed by atoms with E-state index in [1.807, 2.05) is 6.92 Å². The van der Waals surface area contributed by atoms with E-state index in [-0.39, 0.29) is 6.04 Å². The molecule has 0 radical (unpaired) electrons. The Bertz CT molecular complexity index is 457. The second-order valence-corrected chi connectivity index (χ2v) is 5.03. The van der Waals surface area contributed by atoms with Crippen molar-refractivity contribution >= 4 is 0 Å². The lowest BCUT2D eigenvalue weighted by Crippen LogP contribution is -2.17. The number of rotatable bonds is 6. The van der Waals surface area contributed by atoms with Gasteiger partial charge in [-0.2, -0.15) is 0 Å². The monoisotopic (exact) mass is 242 g/mol. The van der Waals surface area contributed by atoms with Crippen molar-refractivity contribution in [1.82, 2.24) is 4.57 Å². The third-order valence-corrected chi connectivity index (χ3v) is 3.09. The van der Waals surface area contributed by atoms with Crippen molar-refractivity contribution in [2.24, 2.45) is 5.73 Å². The van der Waals surface area contributed by atoms with Crippen molar-refractivity contribution in [3.05, 3.63) is 59.9 Å². The van der Waals surface area contributed by atoms with Gasteiger partial charge in [-0.05, 0) is 43.4 Å². The molecular weight excluding hydrogens is 220 g/mol. The first-order valence-corrected chi connectivity index (χ1v) is 6.68. The van der Waals surface area contributed by atoms with Crippen LogP contribution in [0.2, 0.25) is 0 Å². The highest BCUT2D eigenvalue weighted by atomic mass is 14.9. The van der Waals surface area contributed by atoms with Gasteiger partial charge >= 0.3 is 0 Å². The fourth-order valence-electron chi connectivity index (χ4n) is 2.23. The largest absolute Gasteiger partial charge is 0.354 e. The van der Waals surface area contributed by atoms with E-state index in [1.54, 1.807) is 0 Å². The Labute approximate surface area is 109 Å². The zero-order valence-corrected chi connectivity index (χ0v) is 11.0. The topological polar surface area (TPSA) is 30.9 Å². The first-order valence-electron chi connectivity index (χ1n) is 6.68. The van der Waals surface area contributed by atoms with Crippen molar-refractivity contribution in [2.45, 2.75) is 38.8 Å². The SMILES string of the molecule is CC(N)Cc1ccn(CCCc2ccccc2)c1. The van der Waals surface area contributed by atoms with E-state index >= 15 is 0 Å². The van der Waals surface area contributed by atoms with Crippen LogP contribution in [0.15, 0.2) is 48.8 Å². The lowest BCUT2D eigenvalue weighted by molar-refractivity contribution is 0.642. The molecule has 1 aromatic heterocycles. The van der Waals surface area contributed by atoms with Crippen molar-refractivity contribution in [1.29, 1.82) is 0 Å². The molecule has 0 aliphatic rings. The first kappa shape index (κ1) is 12.9. The minimum Gasteiger partial charge on any atom is -0.354 e. The fraction of sp³-hybridized carbons (Fsp3) is 0.375. The van der Waals surface area contributed by atoms with E-state index in [4.69, 9.17) is 5.73 Å². The molecule has 0 aliphatic carbocycles. The molecule has 0 saturated carbocycles. The Kier molecular flexibility index (Phi) is 4.59. The summed E-state index contributed by atoms with van der Waals surface area (Å²) >= 11 is 0. The molecule has 2 rings (SSSR count). The van der Waals surface area contributed by atoms with Gasteiger partial charge in [0, 0.05) is 25.0 Å². The summed E-state index contributed by atoms with van der Waals surface area (Å²) in [6, 6.07) is 13.1. The summed E-state index contributed by atoms with van der Waals surface area (Å²) in [5, 5.41) is 0. The summed E-state index contributed by atoms with van der Waals surface area (Å²) in [6.07, 6.45) is 7.65. The average Bonchev–Trinajstić information content (AvgIpc) is 2.77. The molecule has 1 aromatic carbocycles. The summed E-state index contributed by atoms with van der Waals surface area (Å²) in [6.45, 7) is 3.13. The molecule has 0 saturated heterocycles. The smallest absolute Gasteiger partial charge is 0.0222 e. The first-order chi connectivity index (χ1) is 8.74. The molecule has 0 amide bonds. The Morgan fingerprint density at radius 3 is 2.61 bits per heavy atom. The van der Waals surface area contributed by atoms with Crippen LogP contribution in [-0.2, 0) is 19.4 Å². The normalized spacial score (nSPS) is 12.6. The van der Waals surface area contributed by atoms with Crippen LogP contribution in [-0.4, -0.2) is 10.6 Å². The Morgan fingerprint density at radius 1 is 1.11 bits per heavy atom. The van der Waals surface area contributed by atoms with Crippen molar-refractivity contribution < 1.29 is 0 Å². The highest BCUT2D eigenvalue weighted by molar-refractivity contribution is 5.15. The van der Waals surface area contributed by atoms with Crippen molar-refractivity contribution in [3.8, 4) is 0 Å². The third kappa shape index (κ3) is 4.04. The number of aryl methyl sites for hydroxylation is 2. The molecule has 0 fully saturated rings. The molecule has 1 heterocycles. The summed E-state index contributed by atoms with van der Waals surface area (Å²) in [4.78, 5) is 0. The van der Waals surface area contributed by atoms with Crippen LogP contribution >= 0.6 is 0 Å². The maximum atomic E-state index is 5.80. The zero-order valence-electron chi connectivity index (χ0n) is 11.0. The van der Waals surface area contributed by atoms with Gasteiger partial charge in [-0.15, -0.1) is 0 Å². The molecule has 2 aromatic rings. The second-order valence-electron chi connectivity index (χ2n) is 5.03. The molecule has 0 bridgehead atoms. The number of nitrogens with two attached hydrogens (primary N) is 1. The van der Waals surface area contributed by atoms with Gasteiger partial charge in [0.2, 0.25) is 0 Å².